The first-order chi connectivity index (χ1) is 19.4. The van der Waals surface area contributed by atoms with Crippen LogP contribution in [0.3, 0.4) is 0 Å². The summed E-state index contributed by atoms with van der Waals surface area (Å²) in [5, 5.41) is 9.28. The minimum atomic E-state index is -1.29. The third-order valence-electron chi connectivity index (χ3n) is 6.34. The number of rotatable bonds is 10. The van der Waals surface area contributed by atoms with Crippen molar-refractivity contribution in [2.24, 2.45) is 0 Å². The van der Waals surface area contributed by atoms with Gasteiger partial charge in [0.15, 0.2) is 0 Å². The fraction of sp³-hybridized carbons (Fsp3) is 0.300. The van der Waals surface area contributed by atoms with Gasteiger partial charge in [-0.15, -0.1) is 0 Å². The number of nitrogens with one attached hydrogen (secondary N) is 1. The molecule has 10 nitrogen and oxygen atoms in total. The van der Waals surface area contributed by atoms with Crippen molar-refractivity contribution < 1.29 is 23.8 Å². The molecule has 10 heteroatoms. The van der Waals surface area contributed by atoms with Gasteiger partial charge in [-0.3, -0.25) is 9.78 Å². The van der Waals surface area contributed by atoms with Crippen LogP contribution in [0.5, 0.6) is 0 Å². The maximum absolute atomic E-state index is 13.7. The second-order valence-corrected chi connectivity index (χ2v) is 9.02. The zero-order valence-electron chi connectivity index (χ0n) is 22.9. The molecule has 0 saturated heterocycles. The Bertz CT molecular complexity index is 1540. The maximum atomic E-state index is 13.7. The lowest BCUT2D eigenvalue weighted by Crippen LogP contribution is -2.30. The molecule has 1 atom stereocenters. The van der Waals surface area contributed by atoms with Crippen LogP contribution >= 0.6 is 0 Å². The Morgan fingerprint density at radius 3 is 2.33 bits per heavy atom. The van der Waals surface area contributed by atoms with Crippen molar-refractivity contribution in [2.45, 2.75) is 59.5 Å². The number of aryl methyl sites for hydroxylation is 1. The number of carbonyl (C=O) groups is 2. The van der Waals surface area contributed by atoms with Gasteiger partial charge in [0, 0.05) is 36.0 Å². The number of hydrogen-bond acceptors (Lipinski definition) is 9. The predicted octanol–water partition coefficient (Wildman–Crippen LogP) is 6.07. The van der Waals surface area contributed by atoms with Crippen LogP contribution in [0.1, 0.15) is 50.9 Å². The fourth-order valence-electron chi connectivity index (χ4n) is 4.24. The van der Waals surface area contributed by atoms with E-state index in [1.165, 1.54) is 11.6 Å². The normalized spacial score (nSPS) is 11.7. The van der Waals surface area contributed by atoms with Gasteiger partial charge in [-0.1, -0.05) is 68.4 Å². The molecule has 0 aliphatic heterocycles. The lowest BCUT2D eigenvalue weighted by Gasteiger charge is -2.20. The minimum absolute atomic E-state index is 0.0364. The van der Waals surface area contributed by atoms with Crippen molar-refractivity contribution in [1.82, 2.24) is 14.8 Å². The van der Waals surface area contributed by atoms with Gasteiger partial charge in [0.2, 0.25) is 6.29 Å². The summed E-state index contributed by atoms with van der Waals surface area (Å²) in [6, 6.07) is 16.5. The Kier molecular flexibility index (Phi) is 9.11. The highest BCUT2D eigenvalue weighted by Gasteiger charge is 2.28. The number of nitrogens with zero attached hydrogens (tertiary/aromatic N) is 3. The van der Waals surface area contributed by atoms with Crippen LogP contribution in [-0.2, 0) is 20.8 Å². The Balaban J connectivity index is 1.78. The Morgan fingerprint density at radius 2 is 1.62 bits per heavy atom. The molecule has 0 aliphatic rings. The number of anilines is 2. The van der Waals surface area contributed by atoms with E-state index in [4.69, 9.17) is 14.2 Å². The third-order valence-corrected chi connectivity index (χ3v) is 6.34. The Hall–Kier alpha value is -4.73. The molecule has 40 heavy (non-hydrogen) atoms. The van der Waals surface area contributed by atoms with Crippen LogP contribution in [0, 0.1) is 0 Å². The van der Waals surface area contributed by atoms with Crippen LogP contribution < -0.4 is 10.9 Å². The van der Waals surface area contributed by atoms with Crippen LogP contribution in [-0.4, -0.2) is 39.3 Å². The quantitative estimate of drug-likeness (QED) is 0.187. The molecule has 2 aromatic carbocycles. The van der Waals surface area contributed by atoms with Gasteiger partial charge in [-0.25, -0.2) is 14.3 Å². The Labute approximate surface area is 231 Å². The number of hydrogen-bond donors (Lipinski definition) is 1. The van der Waals surface area contributed by atoms with Gasteiger partial charge in [0.05, 0.1) is 11.9 Å². The first-order valence-electron chi connectivity index (χ1n) is 13.2. The van der Waals surface area contributed by atoms with E-state index >= 15 is 0 Å². The molecule has 1 unspecified atom stereocenters. The molecule has 0 amide bonds. The second-order valence-electron chi connectivity index (χ2n) is 9.02. The van der Waals surface area contributed by atoms with Gasteiger partial charge >= 0.3 is 12.1 Å². The van der Waals surface area contributed by atoms with Crippen molar-refractivity contribution in [1.29, 1.82) is 0 Å². The summed E-state index contributed by atoms with van der Waals surface area (Å²) in [5.74, 6) is -0.898. The van der Waals surface area contributed by atoms with Crippen LogP contribution in [0.15, 0.2) is 71.8 Å². The standard InChI is InChI=1S/C30H32N4O6/c1-5-22(6-2)40-30(37)39-19(4)38-29(36)25-26(20-13-9-8-10-14-20)33-34(7-3)28(35)27(25)32-24-18-31-17-21-15-11-12-16-23(21)24/h8-19,22,32H,5-7H2,1-4H3. The van der Waals surface area contributed by atoms with Crippen LogP contribution in [0.25, 0.3) is 22.0 Å². The second kappa shape index (κ2) is 12.9. The van der Waals surface area contributed by atoms with E-state index in [1.807, 2.05) is 44.2 Å². The molecule has 0 spiro atoms. The van der Waals surface area contributed by atoms with Crippen LogP contribution in [0.2, 0.25) is 0 Å². The molecule has 208 valence electrons. The van der Waals surface area contributed by atoms with E-state index in [9.17, 15) is 14.4 Å². The smallest absolute Gasteiger partial charge is 0.431 e. The van der Waals surface area contributed by atoms with E-state index in [0.29, 0.717) is 24.1 Å². The number of fused-ring (bicyclic) bond motifs is 1. The van der Waals surface area contributed by atoms with Gasteiger partial charge in [0.1, 0.15) is 23.0 Å². The first-order valence-corrected chi connectivity index (χ1v) is 13.2. The van der Waals surface area contributed by atoms with Crippen molar-refractivity contribution in [3.63, 3.8) is 0 Å². The fourth-order valence-corrected chi connectivity index (χ4v) is 4.24. The summed E-state index contributed by atoms with van der Waals surface area (Å²) >= 11 is 0. The molecule has 4 aromatic rings. The molecule has 4 rings (SSSR count). The Morgan fingerprint density at radius 1 is 0.925 bits per heavy atom. The molecule has 0 aliphatic carbocycles. The number of aromatic nitrogens is 3. The number of esters is 1. The highest BCUT2D eigenvalue weighted by molar-refractivity contribution is 6.04. The summed E-state index contributed by atoms with van der Waals surface area (Å²) < 4.78 is 17.2. The molecule has 0 saturated carbocycles. The zero-order chi connectivity index (χ0) is 28.6. The summed E-state index contributed by atoms with van der Waals surface area (Å²) in [7, 11) is 0. The summed E-state index contributed by atoms with van der Waals surface area (Å²) in [6.07, 6.45) is 1.98. The molecular formula is C30H32N4O6. The molecule has 1 N–H and O–H groups in total. The van der Waals surface area contributed by atoms with E-state index in [0.717, 1.165) is 10.8 Å². The van der Waals surface area contributed by atoms with Crippen molar-refractivity contribution in [3.8, 4) is 11.3 Å². The average molecular weight is 545 g/mol. The monoisotopic (exact) mass is 544 g/mol. The van der Waals surface area contributed by atoms with E-state index in [-0.39, 0.29) is 29.6 Å². The summed E-state index contributed by atoms with van der Waals surface area (Å²) in [5.41, 5.74) is 0.689. The number of ether oxygens (including phenoxy) is 3. The number of benzene rings is 2. The molecule has 2 heterocycles. The topological polar surface area (TPSA) is 122 Å². The average Bonchev–Trinajstić information content (AvgIpc) is 2.97. The van der Waals surface area contributed by atoms with Gasteiger partial charge in [-0.05, 0) is 19.8 Å². The first kappa shape index (κ1) is 28.3. The lowest BCUT2D eigenvalue weighted by molar-refractivity contribution is -0.0895. The van der Waals surface area contributed by atoms with Gasteiger partial charge < -0.3 is 19.5 Å². The van der Waals surface area contributed by atoms with E-state index < -0.39 is 24.0 Å². The maximum Gasteiger partial charge on any atom is 0.511 e. The van der Waals surface area contributed by atoms with E-state index in [1.54, 1.807) is 43.6 Å². The number of pyridine rings is 1. The van der Waals surface area contributed by atoms with Crippen molar-refractivity contribution in [3.05, 3.63) is 82.9 Å². The molecular weight excluding hydrogens is 512 g/mol. The largest absolute Gasteiger partial charge is 0.511 e. The molecule has 2 aromatic heterocycles. The summed E-state index contributed by atoms with van der Waals surface area (Å²) in [4.78, 5) is 43.8. The van der Waals surface area contributed by atoms with Crippen molar-refractivity contribution in [2.75, 3.05) is 5.32 Å². The SMILES string of the molecule is CCC(CC)OC(=O)OC(C)OC(=O)c1c(-c2ccccc2)nn(CC)c(=O)c1Nc1cncc2ccccc12. The highest BCUT2D eigenvalue weighted by Crippen LogP contribution is 2.30. The zero-order valence-corrected chi connectivity index (χ0v) is 22.9. The van der Waals surface area contributed by atoms with Crippen LogP contribution in [0.4, 0.5) is 16.2 Å². The summed E-state index contributed by atoms with van der Waals surface area (Å²) in [6.45, 7) is 7.23. The predicted molar refractivity (Wildman–Crippen MR) is 151 cm³/mol. The molecule has 0 radical (unpaired) electrons. The third kappa shape index (κ3) is 6.28. The van der Waals surface area contributed by atoms with Crippen molar-refractivity contribution >= 4 is 34.3 Å². The highest BCUT2D eigenvalue weighted by atomic mass is 16.8. The lowest BCUT2D eigenvalue weighted by atomic mass is 10.0. The van der Waals surface area contributed by atoms with Gasteiger partial charge in [0.25, 0.3) is 5.56 Å². The van der Waals surface area contributed by atoms with E-state index in [2.05, 4.69) is 15.4 Å². The molecule has 0 fully saturated rings. The molecule has 0 bridgehead atoms. The van der Waals surface area contributed by atoms with Gasteiger partial charge in [-0.2, -0.15) is 5.10 Å². The minimum Gasteiger partial charge on any atom is -0.431 e. The number of carbonyl (C=O) groups excluding carboxylic acids is 2.